The molecule has 15 heavy (non-hydrogen) atoms. The molecule has 1 rings (SSSR count). The SMILES string of the molecule is COc1cc(F)c(OS(C)(=O)=O)c(F)c1. The number of hydrogen-bond donors (Lipinski definition) is 0. The van der Waals surface area contributed by atoms with Crippen LogP contribution < -0.4 is 8.92 Å². The predicted octanol–water partition coefficient (Wildman–Crippen LogP) is 1.31. The Morgan fingerprint density at radius 1 is 1.20 bits per heavy atom. The zero-order valence-corrected chi connectivity index (χ0v) is 8.77. The lowest BCUT2D eigenvalue weighted by Crippen LogP contribution is -2.08. The van der Waals surface area contributed by atoms with E-state index in [0.717, 1.165) is 12.1 Å². The van der Waals surface area contributed by atoms with E-state index in [4.69, 9.17) is 0 Å². The third-order valence-corrected chi connectivity index (χ3v) is 1.91. The van der Waals surface area contributed by atoms with Crippen LogP contribution in [0, 0.1) is 11.6 Å². The molecular formula is C8H8F2O4S. The Labute approximate surface area is 85.6 Å². The molecule has 0 spiro atoms. The minimum Gasteiger partial charge on any atom is -0.497 e. The molecule has 0 aliphatic heterocycles. The molecule has 0 amide bonds. The Morgan fingerprint density at radius 3 is 2.00 bits per heavy atom. The molecule has 1 aromatic rings. The fraction of sp³-hybridized carbons (Fsp3) is 0.250. The molecule has 0 N–H and O–H groups in total. The van der Waals surface area contributed by atoms with E-state index in [2.05, 4.69) is 8.92 Å². The van der Waals surface area contributed by atoms with E-state index in [1.54, 1.807) is 0 Å². The van der Waals surface area contributed by atoms with Gasteiger partial charge in [0.05, 0.1) is 13.4 Å². The summed E-state index contributed by atoms with van der Waals surface area (Å²) in [4.78, 5) is 0. The van der Waals surface area contributed by atoms with Gasteiger partial charge in [0.2, 0.25) is 5.75 Å². The lowest BCUT2D eigenvalue weighted by Gasteiger charge is -2.07. The smallest absolute Gasteiger partial charge is 0.306 e. The van der Waals surface area contributed by atoms with Gasteiger partial charge in [-0.15, -0.1) is 0 Å². The van der Waals surface area contributed by atoms with Crippen molar-refractivity contribution in [2.24, 2.45) is 0 Å². The summed E-state index contributed by atoms with van der Waals surface area (Å²) in [5, 5.41) is 0. The van der Waals surface area contributed by atoms with E-state index in [9.17, 15) is 17.2 Å². The molecular weight excluding hydrogens is 230 g/mol. The largest absolute Gasteiger partial charge is 0.497 e. The van der Waals surface area contributed by atoms with Crippen molar-refractivity contribution < 1.29 is 26.1 Å². The van der Waals surface area contributed by atoms with Crippen molar-refractivity contribution in [2.75, 3.05) is 13.4 Å². The lowest BCUT2D eigenvalue weighted by atomic mass is 10.3. The zero-order valence-electron chi connectivity index (χ0n) is 7.95. The van der Waals surface area contributed by atoms with Crippen LogP contribution in [0.5, 0.6) is 11.5 Å². The molecule has 0 saturated carbocycles. The molecule has 84 valence electrons. The first-order valence-electron chi connectivity index (χ1n) is 3.76. The van der Waals surface area contributed by atoms with Gasteiger partial charge in [0.1, 0.15) is 5.75 Å². The zero-order chi connectivity index (χ0) is 11.6. The van der Waals surface area contributed by atoms with Gasteiger partial charge >= 0.3 is 10.1 Å². The van der Waals surface area contributed by atoms with Crippen LogP contribution in [0.25, 0.3) is 0 Å². The molecule has 0 fully saturated rings. The average Bonchev–Trinajstić information content (AvgIpc) is 2.09. The molecule has 0 aliphatic rings. The van der Waals surface area contributed by atoms with Crippen LogP contribution in [0.1, 0.15) is 0 Å². The van der Waals surface area contributed by atoms with Crippen molar-refractivity contribution in [3.8, 4) is 11.5 Å². The molecule has 4 nitrogen and oxygen atoms in total. The Kier molecular flexibility index (Phi) is 3.13. The second-order valence-electron chi connectivity index (χ2n) is 2.71. The van der Waals surface area contributed by atoms with Gasteiger partial charge in [0, 0.05) is 12.1 Å². The summed E-state index contributed by atoms with van der Waals surface area (Å²) in [5.41, 5.74) is 0. The summed E-state index contributed by atoms with van der Waals surface area (Å²) >= 11 is 0. The van der Waals surface area contributed by atoms with E-state index < -0.39 is 27.5 Å². The average molecular weight is 238 g/mol. The minimum atomic E-state index is -3.96. The van der Waals surface area contributed by atoms with Gasteiger partial charge < -0.3 is 8.92 Å². The van der Waals surface area contributed by atoms with Crippen molar-refractivity contribution in [1.29, 1.82) is 0 Å². The molecule has 0 atom stereocenters. The van der Waals surface area contributed by atoms with Crippen LogP contribution in [-0.2, 0) is 10.1 Å². The standard InChI is InChI=1S/C8H8F2O4S/c1-13-5-3-6(9)8(7(10)4-5)14-15(2,11)12/h3-4H,1-2H3. The highest BCUT2D eigenvalue weighted by atomic mass is 32.2. The highest BCUT2D eigenvalue weighted by Crippen LogP contribution is 2.27. The molecule has 1 aromatic carbocycles. The number of rotatable bonds is 3. The summed E-state index contributed by atoms with van der Waals surface area (Å²) in [6, 6.07) is 1.65. The van der Waals surface area contributed by atoms with Gasteiger partial charge in [-0.25, -0.2) is 8.78 Å². The van der Waals surface area contributed by atoms with E-state index in [1.165, 1.54) is 7.11 Å². The maximum Gasteiger partial charge on any atom is 0.306 e. The van der Waals surface area contributed by atoms with Crippen molar-refractivity contribution in [3.05, 3.63) is 23.8 Å². The van der Waals surface area contributed by atoms with E-state index >= 15 is 0 Å². The van der Waals surface area contributed by atoms with Gasteiger partial charge in [-0.1, -0.05) is 0 Å². The summed E-state index contributed by atoms with van der Waals surface area (Å²) < 4.78 is 56.3. The molecule has 0 radical (unpaired) electrons. The van der Waals surface area contributed by atoms with Crippen LogP contribution >= 0.6 is 0 Å². The topological polar surface area (TPSA) is 52.6 Å². The first-order chi connectivity index (χ1) is 6.83. The first kappa shape index (κ1) is 11.7. The second kappa shape index (κ2) is 4.01. The van der Waals surface area contributed by atoms with Crippen LogP contribution in [-0.4, -0.2) is 21.8 Å². The number of benzene rings is 1. The van der Waals surface area contributed by atoms with Crippen LogP contribution in [0.15, 0.2) is 12.1 Å². The third-order valence-electron chi connectivity index (χ3n) is 1.44. The van der Waals surface area contributed by atoms with Crippen molar-refractivity contribution in [2.45, 2.75) is 0 Å². The fourth-order valence-corrected chi connectivity index (χ4v) is 1.35. The van der Waals surface area contributed by atoms with Crippen molar-refractivity contribution in [3.63, 3.8) is 0 Å². The monoisotopic (exact) mass is 238 g/mol. The maximum absolute atomic E-state index is 13.1. The lowest BCUT2D eigenvalue weighted by molar-refractivity contribution is 0.395. The van der Waals surface area contributed by atoms with Gasteiger partial charge in [-0.05, 0) is 0 Å². The van der Waals surface area contributed by atoms with E-state index in [1.807, 2.05) is 0 Å². The Morgan fingerprint density at radius 2 is 1.67 bits per heavy atom. The summed E-state index contributed by atoms with van der Waals surface area (Å²) in [6.45, 7) is 0. The molecule has 0 aliphatic carbocycles. The number of halogens is 2. The van der Waals surface area contributed by atoms with Crippen molar-refractivity contribution in [1.82, 2.24) is 0 Å². The Bertz CT molecular complexity index is 447. The number of methoxy groups -OCH3 is 1. The number of hydrogen-bond acceptors (Lipinski definition) is 4. The summed E-state index contributed by atoms with van der Waals surface area (Å²) in [6.07, 6.45) is 0.691. The van der Waals surface area contributed by atoms with Gasteiger partial charge in [0.25, 0.3) is 0 Å². The predicted molar refractivity (Wildman–Crippen MR) is 48.4 cm³/mol. The molecule has 0 heterocycles. The third kappa shape index (κ3) is 3.05. The Balaban J connectivity index is 3.20. The minimum absolute atomic E-state index is 0.0640. The Hall–Kier alpha value is -1.37. The summed E-state index contributed by atoms with van der Waals surface area (Å²) in [5.74, 6) is -3.31. The van der Waals surface area contributed by atoms with Crippen LogP contribution in [0.4, 0.5) is 8.78 Å². The number of ether oxygens (including phenoxy) is 1. The molecule has 0 unspecified atom stereocenters. The molecule has 0 bridgehead atoms. The van der Waals surface area contributed by atoms with Crippen LogP contribution in [0.3, 0.4) is 0 Å². The van der Waals surface area contributed by atoms with Crippen LogP contribution in [0.2, 0.25) is 0 Å². The second-order valence-corrected chi connectivity index (χ2v) is 4.28. The summed E-state index contributed by atoms with van der Waals surface area (Å²) in [7, 11) is -2.74. The van der Waals surface area contributed by atoms with Gasteiger partial charge in [-0.2, -0.15) is 8.42 Å². The maximum atomic E-state index is 13.1. The normalized spacial score (nSPS) is 11.2. The molecule has 0 aromatic heterocycles. The van der Waals surface area contributed by atoms with Gasteiger partial charge in [0.15, 0.2) is 11.6 Å². The highest BCUT2D eigenvalue weighted by molar-refractivity contribution is 7.86. The van der Waals surface area contributed by atoms with E-state index in [-0.39, 0.29) is 5.75 Å². The van der Waals surface area contributed by atoms with Crippen molar-refractivity contribution >= 4 is 10.1 Å². The quantitative estimate of drug-likeness (QED) is 0.745. The molecule has 7 heteroatoms. The van der Waals surface area contributed by atoms with E-state index in [0.29, 0.717) is 6.26 Å². The fourth-order valence-electron chi connectivity index (χ4n) is 0.885. The first-order valence-corrected chi connectivity index (χ1v) is 5.57. The highest BCUT2D eigenvalue weighted by Gasteiger charge is 2.17. The van der Waals surface area contributed by atoms with Gasteiger partial charge in [-0.3, -0.25) is 0 Å². The molecule has 0 saturated heterocycles.